The third-order valence-electron chi connectivity index (χ3n) is 2.56. The molecule has 0 atom stereocenters. The molecule has 0 bridgehead atoms. The van der Waals surface area contributed by atoms with Crippen LogP contribution in [0, 0.1) is 0 Å². The number of rotatable bonds is 3. The fraction of sp³-hybridized carbons (Fsp3) is 0.0667. The van der Waals surface area contributed by atoms with Gasteiger partial charge in [0.1, 0.15) is 5.75 Å². The second-order valence-electron chi connectivity index (χ2n) is 3.80. The van der Waals surface area contributed by atoms with Gasteiger partial charge in [0.2, 0.25) is 0 Å². The highest BCUT2D eigenvalue weighted by Crippen LogP contribution is 2.14. The zero-order valence-corrected chi connectivity index (χ0v) is 9.72. The van der Waals surface area contributed by atoms with E-state index in [1.165, 1.54) is 0 Å². The Balaban J connectivity index is 2.11. The van der Waals surface area contributed by atoms with Crippen molar-refractivity contribution in [2.45, 2.75) is 0 Å². The zero-order chi connectivity index (χ0) is 12.1. The topological polar surface area (TPSA) is 32.3 Å². The van der Waals surface area contributed by atoms with Crippen LogP contribution in [0.15, 0.2) is 48.5 Å². The molecule has 0 radical (unpaired) electrons. The first-order valence-electron chi connectivity index (χ1n) is 5.53. The van der Waals surface area contributed by atoms with E-state index < -0.39 is 0 Å². The highest BCUT2D eigenvalue weighted by Gasteiger charge is 1.90. The van der Waals surface area contributed by atoms with Crippen molar-refractivity contribution in [2.75, 3.05) is 12.4 Å². The Morgan fingerprint density at radius 2 is 1.29 bits per heavy atom. The summed E-state index contributed by atoms with van der Waals surface area (Å²) in [5.41, 5.74) is 3.32. The minimum Gasteiger partial charge on any atom is -0.508 e. The Kier molecular flexibility index (Phi) is 3.46. The first kappa shape index (κ1) is 11.3. The van der Waals surface area contributed by atoms with Crippen molar-refractivity contribution in [2.24, 2.45) is 0 Å². The van der Waals surface area contributed by atoms with E-state index in [0.717, 1.165) is 16.8 Å². The number of phenolic OH excluding ortho intramolecular Hbond substituents is 1. The van der Waals surface area contributed by atoms with E-state index >= 15 is 0 Å². The third-order valence-corrected chi connectivity index (χ3v) is 2.56. The molecule has 2 aromatic rings. The average Bonchev–Trinajstić information content (AvgIpc) is 2.39. The molecule has 2 aromatic carbocycles. The highest BCUT2D eigenvalue weighted by atomic mass is 16.3. The van der Waals surface area contributed by atoms with Gasteiger partial charge in [-0.25, -0.2) is 0 Å². The molecule has 2 N–H and O–H groups in total. The van der Waals surface area contributed by atoms with Crippen LogP contribution in [-0.2, 0) is 0 Å². The maximum absolute atomic E-state index is 9.17. The molecule has 2 rings (SSSR count). The number of anilines is 1. The average molecular weight is 225 g/mol. The Hall–Kier alpha value is -2.22. The van der Waals surface area contributed by atoms with Crippen molar-refractivity contribution in [3.8, 4) is 5.75 Å². The van der Waals surface area contributed by atoms with Crippen LogP contribution in [0.25, 0.3) is 12.2 Å². The van der Waals surface area contributed by atoms with Crippen LogP contribution in [0.1, 0.15) is 11.1 Å². The molecule has 0 amide bonds. The second kappa shape index (κ2) is 5.21. The first-order valence-corrected chi connectivity index (χ1v) is 5.53. The number of benzene rings is 2. The molecule has 2 heteroatoms. The minimum atomic E-state index is 0.292. The Labute approximate surface area is 101 Å². The van der Waals surface area contributed by atoms with Crippen LogP contribution in [0.5, 0.6) is 5.75 Å². The second-order valence-corrected chi connectivity index (χ2v) is 3.80. The molecule has 0 saturated carbocycles. The van der Waals surface area contributed by atoms with Crippen molar-refractivity contribution in [3.05, 3.63) is 59.7 Å². The lowest BCUT2D eigenvalue weighted by molar-refractivity contribution is 0.475. The Morgan fingerprint density at radius 1 is 0.824 bits per heavy atom. The van der Waals surface area contributed by atoms with Gasteiger partial charge in [-0.2, -0.15) is 0 Å². The molecule has 0 aliphatic carbocycles. The third kappa shape index (κ3) is 3.11. The monoisotopic (exact) mass is 225 g/mol. The number of hydrogen-bond acceptors (Lipinski definition) is 2. The Bertz CT molecular complexity index is 497. The standard InChI is InChI=1S/C15H15NO/c1-16-14-8-4-12(5-9-14)2-3-13-6-10-15(17)11-7-13/h2-11,16-17H,1H3. The van der Waals surface area contributed by atoms with Crippen molar-refractivity contribution < 1.29 is 5.11 Å². The van der Waals surface area contributed by atoms with Crippen LogP contribution in [0.4, 0.5) is 5.69 Å². The fourth-order valence-electron chi connectivity index (χ4n) is 1.54. The lowest BCUT2D eigenvalue weighted by atomic mass is 10.1. The van der Waals surface area contributed by atoms with Gasteiger partial charge in [0, 0.05) is 12.7 Å². The molecule has 0 saturated heterocycles. The summed E-state index contributed by atoms with van der Waals surface area (Å²) in [6.07, 6.45) is 4.07. The number of hydrogen-bond donors (Lipinski definition) is 2. The molecule has 2 nitrogen and oxygen atoms in total. The lowest BCUT2D eigenvalue weighted by Crippen LogP contribution is -1.86. The molecule has 0 aliphatic rings. The van der Waals surface area contributed by atoms with Crippen molar-refractivity contribution in [1.29, 1.82) is 0 Å². The van der Waals surface area contributed by atoms with Crippen molar-refractivity contribution in [1.82, 2.24) is 0 Å². The van der Waals surface area contributed by atoms with Crippen LogP contribution in [0.3, 0.4) is 0 Å². The van der Waals surface area contributed by atoms with E-state index in [9.17, 15) is 0 Å². The fourth-order valence-corrected chi connectivity index (χ4v) is 1.54. The van der Waals surface area contributed by atoms with Gasteiger partial charge in [-0.1, -0.05) is 36.4 Å². The molecule has 0 heterocycles. The summed E-state index contributed by atoms with van der Waals surface area (Å²) in [5.74, 6) is 0.292. The number of phenols is 1. The van der Waals surface area contributed by atoms with E-state index in [4.69, 9.17) is 5.11 Å². The lowest BCUT2D eigenvalue weighted by Gasteiger charge is -1.99. The van der Waals surface area contributed by atoms with Gasteiger partial charge in [0.25, 0.3) is 0 Å². The smallest absolute Gasteiger partial charge is 0.115 e. The summed E-state index contributed by atoms with van der Waals surface area (Å²) in [5, 5.41) is 12.3. The summed E-state index contributed by atoms with van der Waals surface area (Å²) < 4.78 is 0. The van der Waals surface area contributed by atoms with Gasteiger partial charge < -0.3 is 10.4 Å². The van der Waals surface area contributed by atoms with Gasteiger partial charge in [0.15, 0.2) is 0 Å². The molecule has 0 spiro atoms. The summed E-state index contributed by atoms with van der Waals surface area (Å²) in [6.45, 7) is 0. The van der Waals surface area contributed by atoms with Crippen LogP contribution >= 0.6 is 0 Å². The normalized spacial score (nSPS) is 10.6. The van der Waals surface area contributed by atoms with Gasteiger partial charge in [-0.15, -0.1) is 0 Å². The SMILES string of the molecule is CNc1ccc(C=Cc2ccc(O)cc2)cc1. The van der Waals surface area contributed by atoms with E-state index in [2.05, 4.69) is 17.4 Å². The van der Waals surface area contributed by atoms with Crippen molar-refractivity contribution >= 4 is 17.8 Å². The molecule has 0 fully saturated rings. The van der Waals surface area contributed by atoms with E-state index in [1.54, 1.807) is 12.1 Å². The minimum absolute atomic E-state index is 0.292. The number of aromatic hydroxyl groups is 1. The first-order chi connectivity index (χ1) is 8.28. The van der Waals surface area contributed by atoms with E-state index in [-0.39, 0.29) is 0 Å². The molecular formula is C15H15NO. The molecule has 17 heavy (non-hydrogen) atoms. The summed E-state index contributed by atoms with van der Waals surface area (Å²) in [4.78, 5) is 0. The molecule has 0 aliphatic heterocycles. The van der Waals surface area contributed by atoms with Gasteiger partial charge >= 0.3 is 0 Å². The summed E-state index contributed by atoms with van der Waals surface area (Å²) in [7, 11) is 1.90. The van der Waals surface area contributed by atoms with E-state index in [1.807, 2.05) is 43.5 Å². The maximum Gasteiger partial charge on any atom is 0.115 e. The van der Waals surface area contributed by atoms with Crippen LogP contribution < -0.4 is 5.32 Å². The predicted octanol–water partition coefficient (Wildman–Crippen LogP) is 3.60. The predicted molar refractivity (Wildman–Crippen MR) is 73.0 cm³/mol. The quantitative estimate of drug-likeness (QED) is 0.782. The van der Waals surface area contributed by atoms with Gasteiger partial charge in [0.05, 0.1) is 0 Å². The van der Waals surface area contributed by atoms with Crippen molar-refractivity contribution in [3.63, 3.8) is 0 Å². The highest BCUT2D eigenvalue weighted by molar-refractivity contribution is 5.70. The number of nitrogens with one attached hydrogen (secondary N) is 1. The summed E-state index contributed by atoms with van der Waals surface area (Å²) >= 11 is 0. The molecule has 0 aromatic heterocycles. The summed E-state index contributed by atoms with van der Waals surface area (Å²) in [6, 6.07) is 15.3. The van der Waals surface area contributed by atoms with Gasteiger partial charge in [-0.05, 0) is 35.4 Å². The molecular weight excluding hydrogens is 210 g/mol. The largest absolute Gasteiger partial charge is 0.508 e. The molecule has 0 unspecified atom stereocenters. The van der Waals surface area contributed by atoms with Crippen LogP contribution in [-0.4, -0.2) is 12.2 Å². The molecule has 86 valence electrons. The Morgan fingerprint density at radius 3 is 1.76 bits per heavy atom. The van der Waals surface area contributed by atoms with E-state index in [0.29, 0.717) is 5.75 Å². The van der Waals surface area contributed by atoms with Crippen LogP contribution in [0.2, 0.25) is 0 Å². The maximum atomic E-state index is 9.17. The van der Waals surface area contributed by atoms with Gasteiger partial charge in [-0.3, -0.25) is 0 Å². The zero-order valence-electron chi connectivity index (χ0n) is 9.72.